The zero-order chi connectivity index (χ0) is 15.2. The van der Waals surface area contributed by atoms with Crippen LogP contribution in [0.25, 0.3) is 42.6 Å². The summed E-state index contributed by atoms with van der Waals surface area (Å²) in [5.74, 6) is 0. The summed E-state index contributed by atoms with van der Waals surface area (Å²) in [5, 5.41) is 2.39. The molecule has 5 rings (SSSR count). The average Bonchev–Trinajstić information content (AvgIpc) is 3.00. The van der Waals surface area contributed by atoms with Gasteiger partial charge in [0, 0.05) is 26.4 Å². The Balaban J connectivity index is 1.87. The minimum Gasteiger partial charge on any atom is -0.254 e. The van der Waals surface area contributed by atoms with Crippen molar-refractivity contribution >= 4 is 42.5 Å². The molecule has 4 heteroatoms. The molecule has 0 bridgehead atoms. The van der Waals surface area contributed by atoms with Crippen molar-refractivity contribution in [3.8, 4) is 11.4 Å². The largest absolute Gasteiger partial charge is 0.254 e. The Kier molecular flexibility index (Phi) is 2.66. The molecule has 3 heterocycles. The van der Waals surface area contributed by atoms with Gasteiger partial charge < -0.3 is 0 Å². The molecule has 0 aliphatic carbocycles. The monoisotopic (exact) mass is 313 g/mol. The predicted molar refractivity (Wildman–Crippen MR) is 95.7 cm³/mol. The molecule has 108 valence electrons. The van der Waals surface area contributed by atoms with Crippen LogP contribution < -0.4 is 0 Å². The third-order valence-electron chi connectivity index (χ3n) is 3.98. The van der Waals surface area contributed by atoms with Gasteiger partial charge in [0.2, 0.25) is 0 Å². The zero-order valence-corrected chi connectivity index (χ0v) is 12.9. The van der Waals surface area contributed by atoms with Crippen molar-refractivity contribution in [2.24, 2.45) is 0 Å². The standard InChI is InChI=1S/C19H11N3S/c1-4-8-16-12(5-1)18-17(23-16)9-10-20-19(18)15-11-21-13-6-2-3-7-14(13)22-15/h1-11H. The highest BCUT2D eigenvalue weighted by atomic mass is 32.1. The van der Waals surface area contributed by atoms with Gasteiger partial charge in [-0.15, -0.1) is 11.3 Å². The van der Waals surface area contributed by atoms with E-state index in [-0.39, 0.29) is 0 Å². The summed E-state index contributed by atoms with van der Waals surface area (Å²) in [6.45, 7) is 0. The third kappa shape index (κ3) is 1.92. The normalized spacial score (nSPS) is 11.5. The molecule has 0 fully saturated rings. The molecular formula is C19H11N3S. The molecule has 0 radical (unpaired) electrons. The minimum absolute atomic E-state index is 0.817. The second kappa shape index (κ2) is 4.83. The maximum absolute atomic E-state index is 4.76. The molecular weight excluding hydrogens is 302 g/mol. The number of nitrogens with zero attached hydrogens (tertiary/aromatic N) is 3. The van der Waals surface area contributed by atoms with Gasteiger partial charge in [0.1, 0.15) is 5.69 Å². The molecule has 0 saturated heterocycles. The fourth-order valence-corrected chi connectivity index (χ4v) is 4.04. The van der Waals surface area contributed by atoms with Gasteiger partial charge in [0.15, 0.2) is 0 Å². The van der Waals surface area contributed by atoms with Crippen molar-refractivity contribution < 1.29 is 0 Å². The molecule has 0 aliphatic heterocycles. The molecule has 2 aromatic carbocycles. The highest BCUT2D eigenvalue weighted by Crippen LogP contribution is 2.38. The number of benzene rings is 2. The first kappa shape index (κ1) is 12.7. The number of fused-ring (bicyclic) bond motifs is 4. The molecule has 0 amide bonds. The molecule has 0 saturated carbocycles. The second-order valence-corrected chi connectivity index (χ2v) is 6.46. The van der Waals surface area contributed by atoms with Crippen molar-refractivity contribution in [3.63, 3.8) is 0 Å². The maximum atomic E-state index is 4.76. The fraction of sp³-hybridized carbons (Fsp3) is 0. The Morgan fingerprint density at radius 3 is 2.52 bits per heavy atom. The highest BCUT2D eigenvalue weighted by Gasteiger charge is 2.13. The molecule has 0 atom stereocenters. The van der Waals surface area contributed by atoms with Crippen LogP contribution in [-0.2, 0) is 0 Å². The van der Waals surface area contributed by atoms with Crippen molar-refractivity contribution in [2.75, 3.05) is 0 Å². The smallest absolute Gasteiger partial charge is 0.108 e. The molecule has 3 nitrogen and oxygen atoms in total. The van der Waals surface area contributed by atoms with Crippen LogP contribution in [0.3, 0.4) is 0 Å². The van der Waals surface area contributed by atoms with E-state index in [0.29, 0.717) is 0 Å². The van der Waals surface area contributed by atoms with E-state index in [9.17, 15) is 0 Å². The van der Waals surface area contributed by atoms with Crippen LogP contribution in [0.4, 0.5) is 0 Å². The first-order chi connectivity index (χ1) is 11.4. The highest BCUT2D eigenvalue weighted by molar-refractivity contribution is 7.25. The lowest BCUT2D eigenvalue weighted by molar-refractivity contribution is 1.25. The topological polar surface area (TPSA) is 38.7 Å². The van der Waals surface area contributed by atoms with E-state index in [2.05, 4.69) is 40.3 Å². The lowest BCUT2D eigenvalue weighted by atomic mass is 10.1. The molecule has 0 N–H and O–H groups in total. The molecule has 0 spiro atoms. The molecule has 5 aromatic rings. The number of hydrogen-bond donors (Lipinski definition) is 0. The SMILES string of the molecule is c1ccc2nc(-c3nccc4sc5ccccc5c34)cnc2c1. The summed E-state index contributed by atoms with van der Waals surface area (Å²) in [6.07, 6.45) is 3.67. The zero-order valence-electron chi connectivity index (χ0n) is 12.1. The second-order valence-electron chi connectivity index (χ2n) is 5.37. The van der Waals surface area contributed by atoms with Gasteiger partial charge in [-0.1, -0.05) is 30.3 Å². The molecule has 3 aromatic heterocycles. The van der Waals surface area contributed by atoms with E-state index in [1.165, 1.54) is 14.8 Å². The quantitative estimate of drug-likeness (QED) is 0.434. The van der Waals surface area contributed by atoms with E-state index >= 15 is 0 Å². The van der Waals surface area contributed by atoms with Crippen LogP contribution in [0.5, 0.6) is 0 Å². The first-order valence-electron chi connectivity index (χ1n) is 7.38. The van der Waals surface area contributed by atoms with E-state index in [1.54, 1.807) is 11.3 Å². The maximum Gasteiger partial charge on any atom is 0.108 e. The Bertz CT molecular complexity index is 1180. The van der Waals surface area contributed by atoms with E-state index < -0.39 is 0 Å². The molecule has 0 aliphatic rings. The minimum atomic E-state index is 0.817. The van der Waals surface area contributed by atoms with Crippen molar-refractivity contribution in [2.45, 2.75) is 0 Å². The van der Waals surface area contributed by atoms with Gasteiger partial charge >= 0.3 is 0 Å². The number of para-hydroxylation sites is 2. The number of thiophene rings is 1. The van der Waals surface area contributed by atoms with Crippen LogP contribution in [0.15, 0.2) is 67.0 Å². The average molecular weight is 313 g/mol. The van der Waals surface area contributed by atoms with Gasteiger partial charge in [0.25, 0.3) is 0 Å². The van der Waals surface area contributed by atoms with Crippen molar-refractivity contribution in [3.05, 3.63) is 67.0 Å². The fourth-order valence-electron chi connectivity index (χ4n) is 2.94. The summed E-state index contributed by atoms with van der Waals surface area (Å²) < 4.78 is 2.50. The van der Waals surface area contributed by atoms with E-state index in [1.807, 2.05) is 36.7 Å². The van der Waals surface area contributed by atoms with Gasteiger partial charge in [-0.25, -0.2) is 4.98 Å². The van der Waals surface area contributed by atoms with Gasteiger partial charge in [-0.3, -0.25) is 9.97 Å². The van der Waals surface area contributed by atoms with Crippen molar-refractivity contribution in [1.82, 2.24) is 15.0 Å². The van der Waals surface area contributed by atoms with Crippen LogP contribution in [0, 0.1) is 0 Å². The Morgan fingerprint density at radius 2 is 1.57 bits per heavy atom. The van der Waals surface area contributed by atoms with Gasteiger partial charge in [0.05, 0.1) is 22.9 Å². The van der Waals surface area contributed by atoms with Crippen molar-refractivity contribution in [1.29, 1.82) is 0 Å². The van der Waals surface area contributed by atoms with Crippen LogP contribution in [-0.4, -0.2) is 15.0 Å². The van der Waals surface area contributed by atoms with Crippen LogP contribution >= 0.6 is 11.3 Å². The van der Waals surface area contributed by atoms with E-state index in [4.69, 9.17) is 4.98 Å². The molecule has 0 unspecified atom stereocenters. The van der Waals surface area contributed by atoms with E-state index in [0.717, 1.165) is 27.8 Å². The number of rotatable bonds is 1. The Morgan fingerprint density at radius 1 is 0.739 bits per heavy atom. The summed E-state index contributed by atoms with van der Waals surface area (Å²) >= 11 is 1.79. The number of pyridine rings is 1. The van der Waals surface area contributed by atoms with Gasteiger partial charge in [-0.05, 0) is 24.3 Å². The summed E-state index contributed by atoms with van der Waals surface area (Å²) in [4.78, 5) is 13.9. The lowest BCUT2D eigenvalue weighted by Gasteiger charge is -2.04. The number of aromatic nitrogens is 3. The summed E-state index contributed by atoms with van der Waals surface area (Å²) in [7, 11) is 0. The van der Waals surface area contributed by atoms with Crippen LogP contribution in [0.1, 0.15) is 0 Å². The Hall–Kier alpha value is -2.85. The summed E-state index contributed by atoms with van der Waals surface area (Å²) in [5.41, 5.74) is 3.51. The summed E-state index contributed by atoms with van der Waals surface area (Å²) in [6, 6.07) is 18.4. The predicted octanol–water partition coefficient (Wildman–Crippen LogP) is 5.06. The van der Waals surface area contributed by atoms with Crippen LogP contribution in [0.2, 0.25) is 0 Å². The van der Waals surface area contributed by atoms with Gasteiger partial charge in [-0.2, -0.15) is 0 Å². The first-order valence-corrected chi connectivity index (χ1v) is 8.20. The lowest BCUT2D eigenvalue weighted by Crippen LogP contribution is -1.91. The molecule has 23 heavy (non-hydrogen) atoms. The third-order valence-corrected chi connectivity index (χ3v) is 5.12. The Labute approximate surface area is 136 Å². The number of hydrogen-bond acceptors (Lipinski definition) is 4.